The third kappa shape index (κ3) is 4.12. The number of carbonyl (C=O) groups is 3. The van der Waals surface area contributed by atoms with Crippen molar-refractivity contribution in [2.24, 2.45) is 0 Å². The van der Waals surface area contributed by atoms with Gasteiger partial charge >= 0.3 is 0 Å². The fourth-order valence-corrected chi connectivity index (χ4v) is 2.74. The standard InChI is InChI=1S/C18H16ClN3O4/c1-11(23)20-13-3-2-4-14(8-13)21-17(24)9-22-15-7-12(19)5-6-16(15)26-10-18(22)25/h2-8H,9-10H2,1H3,(H,20,23)(H,21,24). The van der Waals surface area contributed by atoms with E-state index in [0.29, 0.717) is 27.8 Å². The molecule has 7 nitrogen and oxygen atoms in total. The predicted octanol–water partition coefficient (Wildman–Crippen LogP) is 2.66. The number of hydrogen-bond donors (Lipinski definition) is 2. The number of hydrogen-bond acceptors (Lipinski definition) is 4. The topological polar surface area (TPSA) is 87.7 Å². The van der Waals surface area contributed by atoms with E-state index in [4.69, 9.17) is 16.3 Å². The van der Waals surface area contributed by atoms with Crippen molar-refractivity contribution in [3.05, 3.63) is 47.5 Å². The van der Waals surface area contributed by atoms with Crippen molar-refractivity contribution in [1.82, 2.24) is 0 Å². The Kier molecular flexibility index (Phi) is 5.09. The van der Waals surface area contributed by atoms with Crippen LogP contribution in [0.15, 0.2) is 42.5 Å². The minimum Gasteiger partial charge on any atom is -0.482 e. The van der Waals surface area contributed by atoms with E-state index in [-0.39, 0.29) is 30.9 Å². The molecule has 0 spiro atoms. The zero-order valence-electron chi connectivity index (χ0n) is 13.9. The third-order valence-electron chi connectivity index (χ3n) is 3.63. The predicted molar refractivity (Wildman–Crippen MR) is 98.7 cm³/mol. The number of carbonyl (C=O) groups excluding carboxylic acids is 3. The van der Waals surface area contributed by atoms with Gasteiger partial charge in [-0.1, -0.05) is 17.7 Å². The molecule has 0 saturated heterocycles. The van der Waals surface area contributed by atoms with E-state index in [0.717, 1.165) is 0 Å². The van der Waals surface area contributed by atoms with E-state index in [1.54, 1.807) is 42.5 Å². The van der Waals surface area contributed by atoms with Crippen LogP contribution < -0.4 is 20.3 Å². The molecule has 0 bridgehead atoms. The summed E-state index contributed by atoms with van der Waals surface area (Å²) in [4.78, 5) is 37.0. The highest BCUT2D eigenvalue weighted by atomic mass is 35.5. The lowest BCUT2D eigenvalue weighted by Crippen LogP contribution is -2.43. The number of anilines is 3. The van der Waals surface area contributed by atoms with Crippen LogP contribution in [-0.2, 0) is 14.4 Å². The molecule has 0 unspecified atom stereocenters. The molecule has 3 amide bonds. The maximum Gasteiger partial charge on any atom is 0.265 e. The Morgan fingerprint density at radius 3 is 2.62 bits per heavy atom. The monoisotopic (exact) mass is 373 g/mol. The van der Waals surface area contributed by atoms with Crippen molar-refractivity contribution < 1.29 is 19.1 Å². The summed E-state index contributed by atoms with van der Waals surface area (Å²) in [5.41, 5.74) is 1.53. The van der Waals surface area contributed by atoms with E-state index in [1.165, 1.54) is 11.8 Å². The number of nitrogens with one attached hydrogen (secondary N) is 2. The highest BCUT2D eigenvalue weighted by molar-refractivity contribution is 6.31. The van der Waals surface area contributed by atoms with Gasteiger partial charge in [0.25, 0.3) is 5.91 Å². The maximum atomic E-state index is 12.4. The molecule has 26 heavy (non-hydrogen) atoms. The van der Waals surface area contributed by atoms with Gasteiger partial charge < -0.3 is 15.4 Å². The number of rotatable bonds is 4. The smallest absolute Gasteiger partial charge is 0.265 e. The van der Waals surface area contributed by atoms with Crippen molar-refractivity contribution in [2.45, 2.75) is 6.92 Å². The van der Waals surface area contributed by atoms with Crippen LogP contribution in [0.2, 0.25) is 5.02 Å². The largest absolute Gasteiger partial charge is 0.482 e. The molecule has 0 aliphatic carbocycles. The molecule has 134 valence electrons. The molecule has 1 aliphatic rings. The van der Waals surface area contributed by atoms with Crippen LogP contribution in [0.4, 0.5) is 17.1 Å². The molecular formula is C18H16ClN3O4. The highest BCUT2D eigenvalue weighted by Crippen LogP contribution is 2.34. The molecule has 0 radical (unpaired) electrons. The lowest BCUT2D eigenvalue weighted by molar-refractivity contribution is -0.123. The van der Waals surface area contributed by atoms with Crippen LogP contribution in [-0.4, -0.2) is 30.9 Å². The zero-order chi connectivity index (χ0) is 18.7. The average molecular weight is 374 g/mol. The van der Waals surface area contributed by atoms with Gasteiger partial charge in [-0.3, -0.25) is 19.3 Å². The summed E-state index contributed by atoms with van der Waals surface area (Å²) in [6.07, 6.45) is 0. The Balaban J connectivity index is 1.73. The summed E-state index contributed by atoms with van der Waals surface area (Å²) in [6.45, 7) is 1.08. The molecule has 0 saturated carbocycles. The van der Waals surface area contributed by atoms with Gasteiger partial charge in [-0.15, -0.1) is 0 Å². The van der Waals surface area contributed by atoms with Crippen LogP contribution in [0, 0.1) is 0 Å². The van der Waals surface area contributed by atoms with Gasteiger partial charge in [-0.25, -0.2) is 0 Å². The first-order valence-electron chi connectivity index (χ1n) is 7.82. The second-order valence-corrected chi connectivity index (χ2v) is 6.13. The highest BCUT2D eigenvalue weighted by Gasteiger charge is 2.27. The van der Waals surface area contributed by atoms with Crippen molar-refractivity contribution in [3.63, 3.8) is 0 Å². The number of halogens is 1. The Labute approximate surface area is 154 Å². The molecule has 2 aromatic rings. The molecular weight excluding hydrogens is 358 g/mol. The van der Waals surface area contributed by atoms with Crippen molar-refractivity contribution in [1.29, 1.82) is 0 Å². The number of ether oxygens (including phenoxy) is 1. The van der Waals surface area contributed by atoms with E-state index in [1.807, 2.05) is 0 Å². The number of fused-ring (bicyclic) bond motifs is 1. The summed E-state index contributed by atoms with van der Waals surface area (Å²) in [5, 5.41) is 5.79. The van der Waals surface area contributed by atoms with Crippen LogP contribution in [0.1, 0.15) is 6.92 Å². The van der Waals surface area contributed by atoms with Crippen molar-refractivity contribution in [3.8, 4) is 5.75 Å². The summed E-state index contributed by atoms with van der Waals surface area (Å²) in [7, 11) is 0. The molecule has 0 aromatic heterocycles. The van der Waals surface area contributed by atoms with Crippen LogP contribution >= 0.6 is 11.6 Å². The van der Waals surface area contributed by atoms with Gasteiger partial charge in [0.15, 0.2) is 6.61 Å². The zero-order valence-corrected chi connectivity index (χ0v) is 14.7. The average Bonchev–Trinajstić information content (AvgIpc) is 2.57. The second-order valence-electron chi connectivity index (χ2n) is 5.69. The molecule has 2 N–H and O–H groups in total. The van der Waals surface area contributed by atoms with Crippen LogP contribution in [0.3, 0.4) is 0 Å². The van der Waals surface area contributed by atoms with Gasteiger partial charge in [0.1, 0.15) is 12.3 Å². The Bertz CT molecular complexity index is 884. The number of nitrogens with zero attached hydrogens (tertiary/aromatic N) is 1. The van der Waals surface area contributed by atoms with Gasteiger partial charge in [-0.05, 0) is 36.4 Å². The third-order valence-corrected chi connectivity index (χ3v) is 3.87. The SMILES string of the molecule is CC(=O)Nc1cccc(NC(=O)CN2C(=O)COc3ccc(Cl)cc32)c1. The minimum atomic E-state index is -0.383. The Hall–Kier alpha value is -3.06. The van der Waals surface area contributed by atoms with Crippen molar-refractivity contribution >= 4 is 46.4 Å². The number of amides is 3. The molecule has 0 atom stereocenters. The molecule has 1 aliphatic heterocycles. The maximum absolute atomic E-state index is 12.4. The number of benzene rings is 2. The van der Waals surface area contributed by atoms with E-state index < -0.39 is 0 Å². The molecule has 3 rings (SSSR count). The summed E-state index contributed by atoms with van der Waals surface area (Å²) < 4.78 is 5.35. The van der Waals surface area contributed by atoms with Crippen LogP contribution in [0.5, 0.6) is 5.75 Å². The van der Waals surface area contributed by atoms with Crippen LogP contribution in [0.25, 0.3) is 0 Å². The molecule has 1 heterocycles. The van der Waals surface area contributed by atoms with Gasteiger partial charge in [0, 0.05) is 23.3 Å². The Morgan fingerprint density at radius 2 is 1.88 bits per heavy atom. The first-order valence-corrected chi connectivity index (χ1v) is 8.20. The summed E-state index contributed by atoms with van der Waals surface area (Å²) >= 11 is 5.99. The lowest BCUT2D eigenvalue weighted by atomic mass is 10.2. The second kappa shape index (κ2) is 7.45. The van der Waals surface area contributed by atoms with Gasteiger partial charge in [0.05, 0.1) is 5.69 Å². The molecule has 8 heteroatoms. The fourth-order valence-electron chi connectivity index (χ4n) is 2.57. The lowest BCUT2D eigenvalue weighted by Gasteiger charge is -2.29. The van der Waals surface area contributed by atoms with Crippen molar-refractivity contribution in [2.75, 3.05) is 28.7 Å². The first-order chi connectivity index (χ1) is 12.4. The fraction of sp³-hybridized carbons (Fsp3) is 0.167. The van der Waals surface area contributed by atoms with Gasteiger partial charge in [-0.2, -0.15) is 0 Å². The first kappa shape index (κ1) is 17.8. The van der Waals surface area contributed by atoms with Gasteiger partial charge in [0.2, 0.25) is 11.8 Å². The molecule has 0 fully saturated rings. The quantitative estimate of drug-likeness (QED) is 0.862. The summed E-state index contributed by atoms with van der Waals surface area (Å²) in [6, 6.07) is 11.6. The minimum absolute atomic E-state index is 0.139. The normalized spacial score (nSPS) is 12.8. The van der Waals surface area contributed by atoms with E-state index in [2.05, 4.69) is 10.6 Å². The molecule has 2 aromatic carbocycles. The Morgan fingerprint density at radius 1 is 1.15 bits per heavy atom. The summed E-state index contributed by atoms with van der Waals surface area (Å²) in [5.74, 6) is -0.427. The van der Waals surface area contributed by atoms with E-state index in [9.17, 15) is 14.4 Å². The van der Waals surface area contributed by atoms with E-state index >= 15 is 0 Å².